The van der Waals surface area contributed by atoms with E-state index >= 15 is 0 Å². The molecule has 3 rings (SSSR count). The molecule has 1 aromatic heterocycles. The van der Waals surface area contributed by atoms with Crippen LogP contribution < -0.4 is 5.56 Å². The third kappa shape index (κ3) is 2.44. The predicted molar refractivity (Wildman–Crippen MR) is 89.8 cm³/mol. The Bertz CT molecular complexity index is 814. The average molecular weight is 300 g/mol. The van der Waals surface area contributed by atoms with E-state index in [1.807, 2.05) is 18.2 Å². The molecule has 1 heterocycles. The summed E-state index contributed by atoms with van der Waals surface area (Å²) in [6.07, 6.45) is 8.09. The van der Waals surface area contributed by atoms with Crippen LogP contribution >= 0.6 is 11.6 Å². The van der Waals surface area contributed by atoms with Gasteiger partial charge in [-0.05, 0) is 42.4 Å². The summed E-state index contributed by atoms with van der Waals surface area (Å²) >= 11 is 6.24. The maximum atomic E-state index is 12.9. The molecule has 1 aliphatic rings. The van der Waals surface area contributed by atoms with E-state index < -0.39 is 0 Å². The number of halogens is 1. The van der Waals surface area contributed by atoms with Crippen molar-refractivity contribution in [1.82, 2.24) is 4.57 Å². The van der Waals surface area contributed by atoms with Crippen molar-refractivity contribution in [3.05, 3.63) is 63.6 Å². The summed E-state index contributed by atoms with van der Waals surface area (Å²) in [5, 5.41) is 2.03. The Morgan fingerprint density at radius 1 is 1.38 bits per heavy atom. The minimum atomic E-state index is -0.0274. The van der Waals surface area contributed by atoms with Gasteiger partial charge in [0.2, 0.25) is 0 Å². The molecule has 1 aromatic carbocycles. The number of aromatic nitrogens is 1. The molecule has 0 saturated heterocycles. The zero-order valence-corrected chi connectivity index (χ0v) is 13.0. The van der Waals surface area contributed by atoms with Gasteiger partial charge >= 0.3 is 0 Å². The molecule has 0 radical (unpaired) electrons. The van der Waals surface area contributed by atoms with Crippen molar-refractivity contribution in [3.8, 4) is 0 Å². The molecule has 0 N–H and O–H groups in total. The minimum Gasteiger partial charge on any atom is -0.281 e. The number of fused-ring (bicyclic) bond motifs is 1. The lowest BCUT2D eigenvalue weighted by molar-refractivity contribution is 0.731. The second-order valence-corrected chi connectivity index (χ2v) is 5.94. The SMILES string of the molecule is CCc1cc2cccc(Cl)c2c(=O)n1C1=CC[C@H](C)C=C1. The van der Waals surface area contributed by atoms with Crippen LogP contribution in [-0.2, 0) is 6.42 Å². The summed E-state index contributed by atoms with van der Waals surface area (Å²) in [4.78, 5) is 12.9. The summed E-state index contributed by atoms with van der Waals surface area (Å²) in [6.45, 7) is 4.24. The van der Waals surface area contributed by atoms with Crippen molar-refractivity contribution >= 4 is 28.1 Å². The van der Waals surface area contributed by atoms with Crippen molar-refractivity contribution in [1.29, 1.82) is 0 Å². The highest BCUT2D eigenvalue weighted by Crippen LogP contribution is 2.25. The lowest BCUT2D eigenvalue weighted by Crippen LogP contribution is -2.23. The smallest absolute Gasteiger partial charge is 0.264 e. The first-order chi connectivity index (χ1) is 10.1. The molecule has 0 amide bonds. The maximum absolute atomic E-state index is 12.9. The number of allylic oxidation sites excluding steroid dienone is 4. The van der Waals surface area contributed by atoms with Gasteiger partial charge < -0.3 is 0 Å². The van der Waals surface area contributed by atoms with Crippen molar-refractivity contribution in [2.45, 2.75) is 26.7 Å². The fraction of sp³-hybridized carbons (Fsp3) is 0.278. The van der Waals surface area contributed by atoms with E-state index in [0.717, 1.165) is 29.6 Å². The normalized spacial score (nSPS) is 18.0. The summed E-state index contributed by atoms with van der Waals surface area (Å²) in [5.74, 6) is 0.526. The number of pyridine rings is 1. The quantitative estimate of drug-likeness (QED) is 0.791. The zero-order valence-electron chi connectivity index (χ0n) is 12.3. The second kappa shape index (κ2) is 5.53. The largest absolute Gasteiger partial charge is 0.281 e. The van der Waals surface area contributed by atoms with Gasteiger partial charge in [-0.2, -0.15) is 0 Å². The molecule has 2 aromatic rings. The third-order valence-electron chi connectivity index (χ3n) is 3.99. The van der Waals surface area contributed by atoms with E-state index in [0.29, 0.717) is 16.3 Å². The van der Waals surface area contributed by atoms with Gasteiger partial charge in [-0.25, -0.2) is 0 Å². The molecule has 0 aliphatic heterocycles. The lowest BCUT2D eigenvalue weighted by Gasteiger charge is -2.18. The number of nitrogens with zero attached hydrogens (tertiary/aromatic N) is 1. The molecule has 1 atom stereocenters. The minimum absolute atomic E-state index is 0.0274. The molecule has 0 bridgehead atoms. The average Bonchev–Trinajstić information content (AvgIpc) is 2.48. The van der Waals surface area contributed by atoms with Crippen LogP contribution in [0, 0.1) is 5.92 Å². The predicted octanol–water partition coefficient (Wildman–Crippen LogP) is 4.65. The Labute approximate surface area is 129 Å². The maximum Gasteiger partial charge on any atom is 0.264 e. The van der Waals surface area contributed by atoms with Gasteiger partial charge in [0.25, 0.3) is 5.56 Å². The Hall–Kier alpha value is -1.80. The van der Waals surface area contributed by atoms with Gasteiger partial charge in [-0.15, -0.1) is 0 Å². The van der Waals surface area contributed by atoms with E-state index in [1.54, 1.807) is 10.6 Å². The lowest BCUT2D eigenvalue weighted by atomic mass is 10.0. The summed E-state index contributed by atoms with van der Waals surface area (Å²) < 4.78 is 1.80. The number of rotatable bonds is 2. The molecule has 0 fully saturated rings. The van der Waals surface area contributed by atoms with Gasteiger partial charge in [0, 0.05) is 11.4 Å². The van der Waals surface area contributed by atoms with Crippen LogP contribution in [0.1, 0.15) is 26.0 Å². The topological polar surface area (TPSA) is 22.0 Å². The number of benzene rings is 1. The van der Waals surface area contributed by atoms with E-state index in [2.05, 4.69) is 32.1 Å². The van der Waals surface area contributed by atoms with E-state index in [-0.39, 0.29) is 5.56 Å². The van der Waals surface area contributed by atoms with E-state index in [1.165, 1.54) is 0 Å². The van der Waals surface area contributed by atoms with Crippen LogP contribution in [0.15, 0.2) is 47.3 Å². The third-order valence-corrected chi connectivity index (χ3v) is 4.30. The molecular weight excluding hydrogens is 282 g/mol. The molecule has 0 unspecified atom stereocenters. The van der Waals surface area contributed by atoms with Crippen molar-refractivity contribution < 1.29 is 0 Å². The molecule has 3 heteroatoms. The summed E-state index contributed by atoms with van der Waals surface area (Å²) in [7, 11) is 0. The molecule has 1 aliphatic carbocycles. The standard InChI is InChI=1S/C18H18ClNO/c1-3-14-11-13-5-4-6-16(19)17(13)18(21)20(14)15-9-7-12(2)8-10-15/h4-7,9-12H,3,8H2,1-2H3/t12-/m1/s1. The number of aryl methyl sites for hydroxylation is 1. The van der Waals surface area contributed by atoms with Gasteiger partial charge in [-0.3, -0.25) is 9.36 Å². The first kappa shape index (κ1) is 14.2. The molecule has 0 saturated carbocycles. The highest BCUT2D eigenvalue weighted by molar-refractivity contribution is 6.35. The van der Waals surface area contributed by atoms with Gasteiger partial charge in [0.15, 0.2) is 0 Å². The first-order valence-electron chi connectivity index (χ1n) is 7.33. The number of hydrogen-bond donors (Lipinski definition) is 0. The highest BCUT2D eigenvalue weighted by Gasteiger charge is 2.14. The second-order valence-electron chi connectivity index (χ2n) is 5.53. The van der Waals surface area contributed by atoms with Crippen LogP contribution in [-0.4, -0.2) is 4.57 Å². The zero-order chi connectivity index (χ0) is 15.0. The van der Waals surface area contributed by atoms with Crippen LogP contribution in [0.5, 0.6) is 0 Å². The Kier molecular flexibility index (Phi) is 3.73. The first-order valence-corrected chi connectivity index (χ1v) is 7.71. The molecular formula is C18H18ClNO. The fourth-order valence-corrected chi connectivity index (χ4v) is 3.06. The highest BCUT2D eigenvalue weighted by atomic mass is 35.5. The van der Waals surface area contributed by atoms with Crippen LogP contribution in [0.4, 0.5) is 0 Å². The molecule has 108 valence electrons. The molecule has 0 spiro atoms. The van der Waals surface area contributed by atoms with Gasteiger partial charge in [0.1, 0.15) is 0 Å². The monoisotopic (exact) mass is 299 g/mol. The summed E-state index contributed by atoms with van der Waals surface area (Å²) in [6, 6.07) is 7.67. The fourth-order valence-electron chi connectivity index (χ4n) is 2.80. The van der Waals surface area contributed by atoms with Crippen LogP contribution in [0.3, 0.4) is 0 Å². The Morgan fingerprint density at radius 3 is 2.86 bits per heavy atom. The van der Waals surface area contributed by atoms with Gasteiger partial charge in [-0.1, -0.05) is 49.7 Å². The van der Waals surface area contributed by atoms with Crippen LogP contribution in [0.25, 0.3) is 16.5 Å². The van der Waals surface area contributed by atoms with Crippen molar-refractivity contribution in [2.24, 2.45) is 5.92 Å². The van der Waals surface area contributed by atoms with E-state index in [4.69, 9.17) is 11.6 Å². The summed E-state index contributed by atoms with van der Waals surface area (Å²) in [5.41, 5.74) is 1.94. The van der Waals surface area contributed by atoms with Crippen LogP contribution in [0.2, 0.25) is 5.02 Å². The van der Waals surface area contributed by atoms with E-state index in [9.17, 15) is 4.79 Å². The Morgan fingerprint density at radius 2 is 2.19 bits per heavy atom. The Balaban J connectivity index is 2.32. The van der Waals surface area contributed by atoms with Gasteiger partial charge in [0.05, 0.1) is 10.4 Å². The van der Waals surface area contributed by atoms with Crippen molar-refractivity contribution in [3.63, 3.8) is 0 Å². The number of hydrogen-bond acceptors (Lipinski definition) is 1. The van der Waals surface area contributed by atoms with Crippen molar-refractivity contribution in [2.75, 3.05) is 0 Å². The molecule has 21 heavy (non-hydrogen) atoms. The molecule has 2 nitrogen and oxygen atoms in total.